The predicted molar refractivity (Wildman–Crippen MR) is 32.7 cm³/mol. The minimum Gasteiger partial charge on any atom is -0.468 e. The first-order chi connectivity index (χ1) is 4.59. The van der Waals surface area contributed by atoms with Crippen LogP contribution in [0.4, 0.5) is 0 Å². The molecule has 1 aliphatic rings. The summed E-state index contributed by atoms with van der Waals surface area (Å²) in [6, 6.07) is -1.49. The van der Waals surface area contributed by atoms with Gasteiger partial charge in [0.2, 0.25) is 0 Å². The van der Waals surface area contributed by atoms with Crippen molar-refractivity contribution >= 4 is 5.97 Å². The van der Waals surface area contributed by atoms with Crippen LogP contribution in [0.2, 0.25) is 0 Å². The van der Waals surface area contributed by atoms with Gasteiger partial charge in [0.15, 0.2) is 0 Å². The van der Waals surface area contributed by atoms with Crippen LogP contribution in [0.5, 0.6) is 0 Å². The average molecular weight is 130 g/mol. The molecule has 9 heavy (non-hydrogen) atoms. The lowest BCUT2D eigenvalue weighted by Crippen LogP contribution is -2.33. The molecule has 0 aromatic rings. The van der Waals surface area contributed by atoms with E-state index < -0.39 is 12.0 Å². The van der Waals surface area contributed by atoms with E-state index >= 15 is 0 Å². The smallest absolute Gasteiger partial charge is 0.322 e. The molecule has 0 aromatic carbocycles. The SMILES string of the molecule is [2H]C(N)(C(=O)OC)C1CC1. The molecule has 0 aliphatic heterocycles. The molecule has 0 heterocycles. The molecule has 1 aliphatic carbocycles. The Bertz CT molecular complexity index is 154. The number of carbonyl (C=O) groups excluding carboxylic acids is 1. The minimum absolute atomic E-state index is 0.0138. The van der Waals surface area contributed by atoms with Crippen molar-refractivity contribution in [1.29, 1.82) is 0 Å². The highest BCUT2D eigenvalue weighted by molar-refractivity contribution is 5.76. The summed E-state index contributed by atoms with van der Waals surface area (Å²) in [6.07, 6.45) is 1.74. The molecule has 1 fully saturated rings. The van der Waals surface area contributed by atoms with Crippen LogP contribution in [0.15, 0.2) is 0 Å². The van der Waals surface area contributed by atoms with Gasteiger partial charge in [0, 0.05) is 0 Å². The van der Waals surface area contributed by atoms with E-state index in [1.165, 1.54) is 7.11 Å². The number of hydrogen-bond donors (Lipinski definition) is 1. The Kier molecular flexibility index (Phi) is 1.37. The van der Waals surface area contributed by atoms with Crippen LogP contribution >= 0.6 is 0 Å². The van der Waals surface area contributed by atoms with Crippen LogP contribution in [-0.2, 0) is 9.53 Å². The lowest BCUT2D eigenvalue weighted by Gasteiger charge is -2.05. The van der Waals surface area contributed by atoms with Gasteiger partial charge in [0.05, 0.1) is 8.48 Å². The molecule has 0 bridgehead atoms. The van der Waals surface area contributed by atoms with Crippen molar-refractivity contribution in [2.75, 3.05) is 7.11 Å². The highest BCUT2D eigenvalue weighted by Crippen LogP contribution is 2.31. The monoisotopic (exact) mass is 130 g/mol. The highest BCUT2D eigenvalue weighted by Gasteiger charge is 2.33. The average Bonchev–Trinajstić information content (AvgIpc) is 2.66. The number of methoxy groups -OCH3 is 1. The molecule has 1 saturated carbocycles. The summed E-state index contributed by atoms with van der Waals surface area (Å²) >= 11 is 0. The van der Waals surface area contributed by atoms with Crippen molar-refractivity contribution in [2.24, 2.45) is 11.7 Å². The quantitative estimate of drug-likeness (QED) is 0.531. The molecular formula is C6H11NO2. The van der Waals surface area contributed by atoms with Crippen molar-refractivity contribution in [1.82, 2.24) is 0 Å². The van der Waals surface area contributed by atoms with Gasteiger partial charge >= 0.3 is 5.97 Å². The lowest BCUT2D eigenvalue weighted by atomic mass is 10.2. The van der Waals surface area contributed by atoms with Gasteiger partial charge in [-0.2, -0.15) is 0 Å². The van der Waals surface area contributed by atoms with Crippen LogP contribution in [0.3, 0.4) is 0 Å². The van der Waals surface area contributed by atoms with E-state index in [2.05, 4.69) is 4.74 Å². The highest BCUT2D eigenvalue weighted by atomic mass is 16.5. The zero-order valence-corrected chi connectivity index (χ0v) is 5.39. The molecule has 52 valence electrons. The number of nitrogens with two attached hydrogens (primary N) is 1. The Labute approximate surface area is 55.6 Å². The first-order valence-electron chi connectivity index (χ1n) is 3.46. The second-order valence-corrected chi connectivity index (χ2v) is 2.22. The summed E-state index contributed by atoms with van der Waals surface area (Å²) in [7, 11) is 1.25. The van der Waals surface area contributed by atoms with E-state index in [1.807, 2.05) is 0 Å². The van der Waals surface area contributed by atoms with Gasteiger partial charge < -0.3 is 10.5 Å². The minimum atomic E-state index is -1.49. The van der Waals surface area contributed by atoms with Crippen molar-refractivity contribution in [3.05, 3.63) is 0 Å². The van der Waals surface area contributed by atoms with Gasteiger partial charge in [0.1, 0.15) is 6.02 Å². The number of hydrogen-bond acceptors (Lipinski definition) is 3. The van der Waals surface area contributed by atoms with Crippen molar-refractivity contribution in [3.8, 4) is 0 Å². The van der Waals surface area contributed by atoms with E-state index in [0.717, 1.165) is 12.8 Å². The van der Waals surface area contributed by atoms with E-state index in [4.69, 9.17) is 7.10 Å². The molecule has 1 rings (SSSR count). The third-order valence-electron chi connectivity index (χ3n) is 1.44. The van der Waals surface area contributed by atoms with Gasteiger partial charge in [-0.15, -0.1) is 0 Å². The Morgan fingerprint density at radius 3 is 2.89 bits per heavy atom. The predicted octanol–water partition coefficient (Wildman–Crippen LogP) is -0.103. The number of ether oxygens (including phenoxy) is 1. The maximum absolute atomic E-state index is 10.8. The molecule has 2 N–H and O–H groups in total. The molecular weight excluding hydrogens is 118 g/mol. The summed E-state index contributed by atoms with van der Waals surface area (Å²) in [6.45, 7) is 0. The fourth-order valence-corrected chi connectivity index (χ4v) is 0.679. The molecule has 1 atom stereocenters. The topological polar surface area (TPSA) is 52.3 Å². The van der Waals surface area contributed by atoms with Crippen molar-refractivity contribution in [3.63, 3.8) is 0 Å². The first-order valence-corrected chi connectivity index (χ1v) is 2.96. The Balaban J connectivity index is 2.56. The summed E-state index contributed by atoms with van der Waals surface area (Å²) in [5.74, 6) is -0.616. The molecule has 3 heteroatoms. The van der Waals surface area contributed by atoms with Crippen LogP contribution in [0.25, 0.3) is 0 Å². The third kappa shape index (κ3) is 1.42. The Morgan fingerprint density at radius 1 is 2.00 bits per heavy atom. The Morgan fingerprint density at radius 2 is 2.56 bits per heavy atom. The second-order valence-electron chi connectivity index (χ2n) is 2.22. The number of carbonyl (C=O) groups is 1. The summed E-state index contributed by atoms with van der Waals surface area (Å²) in [5, 5.41) is 0. The Hall–Kier alpha value is -0.570. The maximum atomic E-state index is 10.8. The van der Waals surface area contributed by atoms with Crippen molar-refractivity contribution in [2.45, 2.75) is 18.9 Å². The van der Waals surface area contributed by atoms with Crippen LogP contribution < -0.4 is 5.73 Å². The second kappa shape index (κ2) is 2.35. The molecule has 0 aromatic heterocycles. The summed E-state index contributed by atoms with van der Waals surface area (Å²) in [4.78, 5) is 10.8. The van der Waals surface area contributed by atoms with E-state index in [0.29, 0.717) is 0 Å². The van der Waals surface area contributed by atoms with Crippen LogP contribution in [0, 0.1) is 5.92 Å². The largest absolute Gasteiger partial charge is 0.468 e. The van der Waals surface area contributed by atoms with Gasteiger partial charge in [0.25, 0.3) is 0 Å². The van der Waals surface area contributed by atoms with Gasteiger partial charge in [-0.05, 0) is 18.8 Å². The van der Waals surface area contributed by atoms with Crippen LogP contribution in [0.1, 0.15) is 14.2 Å². The normalized spacial score (nSPS) is 26.2. The van der Waals surface area contributed by atoms with Crippen molar-refractivity contribution < 1.29 is 10.9 Å². The zero-order chi connectivity index (χ0) is 7.78. The number of esters is 1. The molecule has 3 nitrogen and oxygen atoms in total. The molecule has 1 unspecified atom stereocenters. The van der Waals surface area contributed by atoms with Gasteiger partial charge in [-0.25, -0.2) is 0 Å². The first kappa shape index (κ1) is 5.23. The fraction of sp³-hybridized carbons (Fsp3) is 0.833. The van der Waals surface area contributed by atoms with E-state index in [1.54, 1.807) is 0 Å². The maximum Gasteiger partial charge on any atom is 0.322 e. The summed E-state index contributed by atoms with van der Waals surface area (Å²) in [5.41, 5.74) is 5.37. The lowest BCUT2D eigenvalue weighted by molar-refractivity contribution is -0.142. The summed E-state index contributed by atoms with van der Waals surface area (Å²) < 4.78 is 11.7. The third-order valence-corrected chi connectivity index (χ3v) is 1.44. The standard InChI is InChI=1S/C6H11NO2/c1-9-6(8)5(7)4-2-3-4/h4-5H,2-3,7H2,1H3/i5D. The molecule has 0 saturated heterocycles. The van der Waals surface area contributed by atoms with E-state index in [-0.39, 0.29) is 5.92 Å². The zero-order valence-electron chi connectivity index (χ0n) is 6.39. The van der Waals surface area contributed by atoms with Crippen LogP contribution in [-0.4, -0.2) is 19.1 Å². The van der Waals surface area contributed by atoms with Gasteiger partial charge in [-0.1, -0.05) is 0 Å². The molecule has 0 spiro atoms. The van der Waals surface area contributed by atoms with Gasteiger partial charge in [-0.3, -0.25) is 4.79 Å². The molecule has 0 amide bonds. The fourth-order valence-electron chi connectivity index (χ4n) is 0.679. The molecule has 0 radical (unpaired) electrons. The number of rotatable bonds is 2. The van der Waals surface area contributed by atoms with E-state index in [9.17, 15) is 4.79 Å².